The molecule has 7 nitrogen and oxygen atoms in total. The zero-order valence-corrected chi connectivity index (χ0v) is 12.8. The molecular weight excluding hydrogens is 317 g/mol. The van der Waals surface area contributed by atoms with E-state index in [0.717, 1.165) is 5.56 Å². The first-order chi connectivity index (χ1) is 11.5. The fourth-order valence-electron chi connectivity index (χ4n) is 2.23. The molecule has 0 fully saturated rings. The van der Waals surface area contributed by atoms with Crippen molar-refractivity contribution < 1.29 is 18.8 Å². The second-order valence-electron chi connectivity index (χ2n) is 5.01. The van der Waals surface area contributed by atoms with Crippen molar-refractivity contribution >= 4 is 16.6 Å². The zero-order valence-electron chi connectivity index (χ0n) is 12.8. The summed E-state index contributed by atoms with van der Waals surface area (Å²) in [7, 11) is 1.33. The molecule has 24 heavy (non-hydrogen) atoms. The van der Waals surface area contributed by atoms with Crippen LogP contribution in [0.2, 0.25) is 0 Å². The molecule has 0 aliphatic heterocycles. The maximum atomic E-state index is 13.8. The van der Waals surface area contributed by atoms with Crippen molar-refractivity contribution in [2.24, 2.45) is 0 Å². The normalized spacial score (nSPS) is 10.6. The van der Waals surface area contributed by atoms with Gasteiger partial charge < -0.3 is 9.47 Å². The van der Waals surface area contributed by atoms with Crippen LogP contribution in [0.3, 0.4) is 0 Å². The van der Waals surface area contributed by atoms with Gasteiger partial charge in [-0.15, -0.1) is 0 Å². The Labute approximate surface area is 135 Å². The van der Waals surface area contributed by atoms with Crippen LogP contribution in [0, 0.1) is 22.9 Å². The van der Waals surface area contributed by atoms with Gasteiger partial charge in [-0.05, 0) is 24.6 Å². The average molecular weight is 329 g/mol. The minimum Gasteiger partial charge on any atom is -0.494 e. The van der Waals surface area contributed by atoms with E-state index in [1.54, 1.807) is 13.0 Å². The Hall–Kier alpha value is -3.29. The quantitative estimate of drug-likeness (QED) is 0.534. The Morgan fingerprint density at radius 2 is 1.96 bits per heavy atom. The number of hydrogen-bond donors (Lipinski definition) is 0. The summed E-state index contributed by atoms with van der Waals surface area (Å²) in [6.45, 7) is 1.78. The van der Waals surface area contributed by atoms with E-state index in [-0.39, 0.29) is 23.1 Å². The first-order valence-corrected chi connectivity index (χ1v) is 6.90. The van der Waals surface area contributed by atoms with Crippen molar-refractivity contribution in [3.63, 3.8) is 0 Å². The van der Waals surface area contributed by atoms with Crippen LogP contribution in [0.1, 0.15) is 5.56 Å². The van der Waals surface area contributed by atoms with Crippen molar-refractivity contribution in [3.8, 4) is 17.4 Å². The predicted octanol–water partition coefficient (Wildman–Crippen LogP) is 3.79. The SMILES string of the molecule is COc1cc2c(Oc3cc(C)ccc3[N+](=O)[O-])ncnc2cc1F. The lowest BCUT2D eigenvalue weighted by Crippen LogP contribution is -1.97. The third-order valence-electron chi connectivity index (χ3n) is 3.39. The molecule has 1 aromatic heterocycles. The molecule has 1 heterocycles. The number of rotatable bonds is 4. The highest BCUT2D eigenvalue weighted by atomic mass is 19.1. The Morgan fingerprint density at radius 3 is 2.67 bits per heavy atom. The molecule has 3 aromatic rings. The van der Waals surface area contributed by atoms with E-state index in [1.165, 1.54) is 37.7 Å². The van der Waals surface area contributed by atoms with Crippen molar-refractivity contribution in [1.82, 2.24) is 9.97 Å². The molecule has 0 saturated heterocycles. The molecule has 3 rings (SSSR count). The minimum absolute atomic E-state index is 0.000826. The summed E-state index contributed by atoms with van der Waals surface area (Å²) >= 11 is 0. The summed E-state index contributed by atoms with van der Waals surface area (Å²) in [5.41, 5.74) is 0.896. The van der Waals surface area contributed by atoms with Gasteiger partial charge in [-0.2, -0.15) is 0 Å². The van der Waals surface area contributed by atoms with Gasteiger partial charge in [-0.25, -0.2) is 14.4 Å². The summed E-state index contributed by atoms with van der Waals surface area (Å²) in [6.07, 6.45) is 1.20. The van der Waals surface area contributed by atoms with Crippen molar-refractivity contribution in [2.45, 2.75) is 6.92 Å². The maximum absolute atomic E-state index is 13.8. The maximum Gasteiger partial charge on any atom is 0.311 e. The van der Waals surface area contributed by atoms with Crippen LogP contribution >= 0.6 is 0 Å². The molecule has 0 unspecified atom stereocenters. The van der Waals surface area contributed by atoms with Gasteiger partial charge >= 0.3 is 5.69 Å². The van der Waals surface area contributed by atoms with E-state index in [9.17, 15) is 14.5 Å². The molecule has 0 bridgehead atoms. The molecule has 0 aliphatic rings. The lowest BCUT2D eigenvalue weighted by Gasteiger charge is -2.10. The van der Waals surface area contributed by atoms with Gasteiger partial charge in [0.2, 0.25) is 11.6 Å². The monoisotopic (exact) mass is 329 g/mol. The Bertz CT molecular complexity index is 946. The number of aromatic nitrogens is 2. The summed E-state index contributed by atoms with van der Waals surface area (Å²) in [6, 6.07) is 7.08. The van der Waals surface area contributed by atoms with Crippen molar-refractivity contribution in [2.75, 3.05) is 7.11 Å². The Kier molecular flexibility index (Phi) is 3.95. The molecule has 0 amide bonds. The standard InChI is InChI=1S/C16H12FN3O4/c1-9-3-4-13(20(21)22)15(5-9)24-16-10-6-14(23-2)11(17)7-12(10)18-8-19-16/h3-8H,1-2H3. The van der Waals surface area contributed by atoms with Crippen LogP contribution in [0.25, 0.3) is 10.9 Å². The van der Waals surface area contributed by atoms with Gasteiger partial charge in [0, 0.05) is 12.1 Å². The molecule has 2 aromatic carbocycles. The highest BCUT2D eigenvalue weighted by Crippen LogP contribution is 2.35. The van der Waals surface area contributed by atoms with E-state index in [4.69, 9.17) is 9.47 Å². The Morgan fingerprint density at radius 1 is 1.17 bits per heavy atom. The number of nitro groups is 1. The van der Waals surface area contributed by atoms with Crippen LogP contribution in [-0.4, -0.2) is 22.0 Å². The molecule has 0 atom stereocenters. The number of ether oxygens (including phenoxy) is 2. The predicted molar refractivity (Wildman–Crippen MR) is 84.0 cm³/mol. The lowest BCUT2D eigenvalue weighted by molar-refractivity contribution is -0.385. The van der Waals surface area contributed by atoms with E-state index in [2.05, 4.69) is 9.97 Å². The Balaban J connectivity index is 2.14. The molecule has 0 saturated carbocycles. The van der Waals surface area contributed by atoms with Gasteiger partial charge in [0.05, 0.1) is 22.9 Å². The number of halogens is 1. The second kappa shape index (κ2) is 6.07. The van der Waals surface area contributed by atoms with Gasteiger partial charge in [0.1, 0.15) is 6.33 Å². The highest BCUT2D eigenvalue weighted by molar-refractivity contribution is 5.85. The third-order valence-corrected chi connectivity index (χ3v) is 3.39. The number of benzene rings is 2. The summed E-state index contributed by atoms with van der Waals surface area (Å²) < 4.78 is 24.4. The zero-order chi connectivity index (χ0) is 17.3. The number of nitro benzene ring substituents is 1. The van der Waals surface area contributed by atoms with Crippen LogP contribution in [0.5, 0.6) is 17.4 Å². The molecule has 8 heteroatoms. The largest absolute Gasteiger partial charge is 0.494 e. The van der Waals surface area contributed by atoms with Gasteiger partial charge in [-0.1, -0.05) is 6.07 Å². The van der Waals surface area contributed by atoms with Crippen LogP contribution in [-0.2, 0) is 0 Å². The third kappa shape index (κ3) is 2.81. The molecule has 0 radical (unpaired) electrons. The summed E-state index contributed by atoms with van der Waals surface area (Å²) in [5, 5.41) is 11.5. The smallest absolute Gasteiger partial charge is 0.311 e. The van der Waals surface area contributed by atoms with Crippen LogP contribution in [0.4, 0.5) is 10.1 Å². The molecule has 122 valence electrons. The minimum atomic E-state index is -0.573. The van der Waals surface area contributed by atoms with Crippen molar-refractivity contribution in [3.05, 3.63) is 58.2 Å². The molecule has 0 aliphatic carbocycles. The second-order valence-corrected chi connectivity index (χ2v) is 5.01. The van der Waals surface area contributed by atoms with E-state index in [0.29, 0.717) is 10.9 Å². The van der Waals surface area contributed by atoms with Crippen LogP contribution in [0.15, 0.2) is 36.7 Å². The summed E-state index contributed by atoms with van der Waals surface area (Å²) in [4.78, 5) is 18.6. The first-order valence-electron chi connectivity index (χ1n) is 6.90. The molecular formula is C16H12FN3O4. The number of nitrogens with zero attached hydrogens (tertiary/aromatic N) is 3. The van der Waals surface area contributed by atoms with Gasteiger partial charge in [-0.3, -0.25) is 10.1 Å². The number of hydrogen-bond acceptors (Lipinski definition) is 6. The number of aryl methyl sites for hydroxylation is 1. The lowest BCUT2D eigenvalue weighted by atomic mass is 10.2. The average Bonchev–Trinajstić information content (AvgIpc) is 2.54. The van der Waals surface area contributed by atoms with Crippen LogP contribution < -0.4 is 9.47 Å². The summed E-state index contributed by atoms with van der Waals surface area (Å²) in [5.74, 6) is -0.452. The fraction of sp³-hybridized carbons (Fsp3) is 0.125. The van der Waals surface area contributed by atoms with E-state index < -0.39 is 10.7 Å². The van der Waals surface area contributed by atoms with Crippen molar-refractivity contribution in [1.29, 1.82) is 0 Å². The molecule has 0 N–H and O–H groups in total. The first kappa shape index (κ1) is 15.6. The number of fused-ring (bicyclic) bond motifs is 1. The fourth-order valence-corrected chi connectivity index (χ4v) is 2.23. The van der Waals surface area contributed by atoms with E-state index >= 15 is 0 Å². The topological polar surface area (TPSA) is 87.4 Å². The van der Waals surface area contributed by atoms with E-state index in [1.807, 2.05) is 0 Å². The van der Waals surface area contributed by atoms with Gasteiger partial charge in [0.15, 0.2) is 11.6 Å². The molecule has 0 spiro atoms. The van der Waals surface area contributed by atoms with Gasteiger partial charge in [0.25, 0.3) is 0 Å². The number of methoxy groups -OCH3 is 1. The highest BCUT2D eigenvalue weighted by Gasteiger charge is 2.18.